The number of nitrogens with one attached hydrogen (secondary N) is 1. The molecule has 0 fully saturated rings. The van der Waals surface area contributed by atoms with Crippen molar-refractivity contribution in [3.05, 3.63) is 33.9 Å². The van der Waals surface area contributed by atoms with Crippen LogP contribution in [-0.2, 0) is 4.79 Å². The Morgan fingerprint density at radius 3 is 2.70 bits per heavy atom. The zero-order chi connectivity index (χ0) is 15.3. The summed E-state index contributed by atoms with van der Waals surface area (Å²) in [6.07, 6.45) is 0.362. The number of nitrogens with two attached hydrogens (primary N) is 1. The predicted octanol–water partition coefficient (Wildman–Crippen LogP) is 1.14. The van der Waals surface area contributed by atoms with Crippen LogP contribution in [0.15, 0.2) is 18.2 Å². The molecule has 1 aromatic carbocycles. The summed E-state index contributed by atoms with van der Waals surface area (Å²) in [5.74, 6) is -0.0403. The van der Waals surface area contributed by atoms with E-state index in [1.165, 1.54) is 12.1 Å². The fraction of sp³-hybridized carbons (Fsp3) is 0.462. The third kappa shape index (κ3) is 3.67. The van der Waals surface area contributed by atoms with Crippen molar-refractivity contribution < 1.29 is 14.5 Å². The molecule has 110 valence electrons. The summed E-state index contributed by atoms with van der Waals surface area (Å²) < 4.78 is 5.52. The zero-order valence-electron chi connectivity index (χ0n) is 11.8. The van der Waals surface area contributed by atoms with Crippen molar-refractivity contribution in [2.75, 3.05) is 13.7 Å². The number of non-ortho nitro benzene ring substituents is 1. The Morgan fingerprint density at radius 1 is 1.55 bits per heavy atom. The van der Waals surface area contributed by atoms with Gasteiger partial charge in [-0.05, 0) is 32.5 Å². The Morgan fingerprint density at radius 2 is 2.20 bits per heavy atom. The number of amides is 1. The van der Waals surface area contributed by atoms with Gasteiger partial charge in [0.1, 0.15) is 5.75 Å². The van der Waals surface area contributed by atoms with Crippen molar-refractivity contribution >= 4 is 11.6 Å². The highest BCUT2D eigenvalue weighted by atomic mass is 16.6. The number of nitrogens with zero attached hydrogens (tertiary/aromatic N) is 1. The normalized spacial score (nSPS) is 13.6. The maximum absolute atomic E-state index is 11.3. The first-order valence-corrected chi connectivity index (χ1v) is 6.17. The molecule has 1 amide bonds. The summed E-state index contributed by atoms with van der Waals surface area (Å²) >= 11 is 0. The second-order valence-electron chi connectivity index (χ2n) is 4.75. The second-order valence-corrected chi connectivity index (χ2v) is 4.75. The number of likely N-dealkylation sites (N-methyl/N-ethyl adjacent to an activating group) is 1. The number of aryl methyl sites for hydroxylation is 1. The smallest absolute Gasteiger partial charge is 0.273 e. The van der Waals surface area contributed by atoms with Gasteiger partial charge < -0.3 is 15.8 Å². The van der Waals surface area contributed by atoms with E-state index in [9.17, 15) is 14.9 Å². The lowest BCUT2D eigenvalue weighted by atomic mass is 9.98. The van der Waals surface area contributed by atoms with Gasteiger partial charge in [0.05, 0.1) is 23.1 Å². The number of carbonyl (C=O) groups excluding carboxylic acids is 1. The largest absolute Gasteiger partial charge is 0.493 e. The van der Waals surface area contributed by atoms with Crippen LogP contribution in [0.4, 0.5) is 5.69 Å². The maximum atomic E-state index is 11.3. The molecule has 0 aliphatic carbocycles. The number of hydrogen-bond donors (Lipinski definition) is 2. The van der Waals surface area contributed by atoms with E-state index < -0.39 is 16.4 Å². The highest BCUT2D eigenvalue weighted by molar-refractivity contribution is 5.84. The van der Waals surface area contributed by atoms with Gasteiger partial charge in [-0.3, -0.25) is 14.9 Å². The molecule has 3 N–H and O–H groups in total. The first-order chi connectivity index (χ1) is 9.30. The Hall–Kier alpha value is -2.15. The summed E-state index contributed by atoms with van der Waals surface area (Å²) in [6, 6.07) is 4.42. The number of carbonyl (C=O) groups is 1. The number of hydrogen-bond acceptors (Lipinski definition) is 5. The van der Waals surface area contributed by atoms with Gasteiger partial charge in [0.25, 0.3) is 5.69 Å². The van der Waals surface area contributed by atoms with E-state index in [1.807, 2.05) is 0 Å². The molecule has 1 aromatic rings. The molecule has 7 nitrogen and oxygen atoms in total. The quantitative estimate of drug-likeness (QED) is 0.575. The minimum Gasteiger partial charge on any atom is -0.493 e. The van der Waals surface area contributed by atoms with Crippen molar-refractivity contribution in [1.82, 2.24) is 5.32 Å². The van der Waals surface area contributed by atoms with E-state index in [4.69, 9.17) is 10.5 Å². The highest BCUT2D eigenvalue weighted by Gasteiger charge is 2.28. The number of rotatable bonds is 7. The van der Waals surface area contributed by atoms with Crippen LogP contribution < -0.4 is 15.8 Å². The van der Waals surface area contributed by atoms with Crippen LogP contribution in [0.2, 0.25) is 0 Å². The molecule has 0 spiro atoms. The number of nitro groups is 1. The van der Waals surface area contributed by atoms with Gasteiger partial charge in [0.2, 0.25) is 5.91 Å². The summed E-state index contributed by atoms with van der Waals surface area (Å²) in [4.78, 5) is 21.6. The van der Waals surface area contributed by atoms with Crippen molar-refractivity contribution in [2.24, 2.45) is 5.73 Å². The van der Waals surface area contributed by atoms with Crippen molar-refractivity contribution in [1.29, 1.82) is 0 Å². The predicted molar refractivity (Wildman–Crippen MR) is 74.6 cm³/mol. The van der Waals surface area contributed by atoms with Gasteiger partial charge in [-0.1, -0.05) is 0 Å². The van der Waals surface area contributed by atoms with Gasteiger partial charge in [-0.2, -0.15) is 0 Å². The molecule has 1 unspecified atom stereocenters. The molecular formula is C13H19N3O4. The van der Waals surface area contributed by atoms with Crippen LogP contribution in [0.3, 0.4) is 0 Å². The molecule has 20 heavy (non-hydrogen) atoms. The van der Waals surface area contributed by atoms with Gasteiger partial charge in [0.15, 0.2) is 0 Å². The molecule has 0 saturated carbocycles. The van der Waals surface area contributed by atoms with E-state index in [-0.39, 0.29) is 12.3 Å². The van der Waals surface area contributed by atoms with Gasteiger partial charge in [-0.25, -0.2) is 0 Å². The lowest BCUT2D eigenvalue weighted by Gasteiger charge is -2.25. The lowest BCUT2D eigenvalue weighted by Crippen LogP contribution is -2.52. The third-order valence-electron chi connectivity index (χ3n) is 3.34. The molecule has 0 aromatic heterocycles. The fourth-order valence-electron chi connectivity index (χ4n) is 1.59. The average molecular weight is 281 g/mol. The third-order valence-corrected chi connectivity index (χ3v) is 3.34. The molecule has 0 bridgehead atoms. The molecule has 1 atom stereocenters. The Labute approximate surface area is 117 Å². The van der Waals surface area contributed by atoms with Crippen molar-refractivity contribution in [3.8, 4) is 5.75 Å². The first-order valence-electron chi connectivity index (χ1n) is 6.17. The number of primary amides is 1. The summed E-state index contributed by atoms with van der Waals surface area (Å²) in [6.45, 7) is 3.70. The first kappa shape index (κ1) is 15.9. The molecule has 1 rings (SSSR count). The Bertz CT molecular complexity index is 518. The Balaban J connectivity index is 2.73. The fourth-order valence-corrected chi connectivity index (χ4v) is 1.59. The lowest BCUT2D eigenvalue weighted by molar-refractivity contribution is -0.384. The molecule has 7 heteroatoms. The summed E-state index contributed by atoms with van der Waals surface area (Å²) in [5, 5.41) is 13.6. The molecule has 0 radical (unpaired) electrons. The minimum atomic E-state index is -0.866. The van der Waals surface area contributed by atoms with Crippen LogP contribution >= 0.6 is 0 Å². The molecule has 0 saturated heterocycles. The zero-order valence-corrected chi connectivity index (χ0v) is 11.8. The van der Waals surface area contributed by atoms with Crippen LogP contribution in [0, 0.1) is 17.0 Å². The minimum absolute atomic E-state index is 0.0307. The topological polar surface area (TPSA) is 107 Å². The standard InChI is InChI=1S/C13H19N3O4/c1-9-4-5-10(16(18)19)8-11(9)20-7-6-13(2,15-3)12(14)17/h4-5,8,15H,6-7H2,1-3H3,(H2,14,17). The molecule has 0 aliphatic rings. The van der Waals surface area contributed by atoms with Crippen LogP contribution in [-0.4, -0.2) is 30.0 Å². The maximum Gasteiger partial charge on any atom is 0.273 e. The van der Waals surface area contributed by atoms with E-state index in [0.717, 1.165) is 5.56 Å². The Kier molecular flexibility index (Phi) is 5.04. The second kappa shape index (κ2) is 6.33. The SMILES string of the molecule is CNC(C)(CCOc1cc([N+](=O)[O-])ccc1C)C(N)=O. The highest BCUT2D eigenvalue weighted by Crippen LogP contribution is 2.24. The van der Waals surface area contributed by atoms with E-state index >= 15 is 0 Å². The number of nitro benzene ring substituents is 1. The van der Waals surface area contributed by atoms with Crippen LogP contribution in [0.25, 0.3) is 0 Å². The molecular weight excluding hydrogens is 262 g/mol. The van der Waals surface area contributed by atoms with Crippen LogP contribution in [0.5, 0.6) is 5.75 Å². The van der Waals surface area contributed by atoms with E-state index in [2.05, 4.69) is 5.32 Å². The number of benzene rings is 1. The molecule has 0 aliphatic heterocycles. The monoisotopic (exact) mass is 281 g/mol. The van der Waals surface area contributed by atoms with Crippen LogP contribution in [0.1, 0.15) is 18.9 Å². The van der Waals surface area contributed by atoms with Crippen molar-refractivity contribution in [3.63, 3.8) is 0 Å². The van der Waals surface area contributed by atoms with Gasteiger partial charge in [0, 0.05) is 12.5 Å². The summed E-state index contributed by atoms with van der Waals surface area (Å²) in [7, 11) is 1.64. The van der Waals surface area contributed by atoms with E-state index in [1.54, 1.807) is 27.0 Å². The average Bonchev–Trinajstić information content (AvgIpc) is 2.40. The summed E-state index contributed by atoms with van der Waals surface area (Å²) in [5.41, 5.74) is 5.20. The van der Waals surface area contributed by atoms with Crippen molar-refractivity contribution in [2.45, 2.75) is 25.8 Å². The van der Waals surface area contributed by atoms with E-state index in [0.29, 0.717) is 12.2 Å². The molecule has 0 heterocycles. The van der Waals surface area contributed by atoms with Gasteiger partial charge >= 0.3 is 0 Å². The number of ether oxygens (including phenoxy) is 1. The van der Waals surface area contributed by atoms with Gasteiger partial charge in [-0.15, -0.1) is 0 Å².